The van der Waals surface area contributed by atoms with E-state index >= 15 is 0 Å². The Morgan fingerprint density at radius 2 is 1.88 bits per heavy atom. The molecule has 0 fully saturated rings. The molecule has 1 aliphatic heterocycles. The first-order valence-electron chi connectivity index (χ1n) is 3.28. The molecule has 44 valence electrons. The summed E-state index contributed by atoms with van der Waals surface area (Å²) in [5.41, 5.74) is 4.78. The van der Waals surface area contributed by atoms with E-state index in [4.69, 9.17) is 0 Å². The molecule has 0 saturated carbocycles. The van der Waals surface area contributed by atoms with Crippen LogP contribution in [0.5, 0.6) is 0 Å². The summed E-state index contributed by atoms with van der Waals surface area (Å²) in [6.07, 6.45) is 5.73. The van der Waals surface area contributed by atoms with Crippen molar-refractivity contribution >= 4 is 8.80 Å². The summed E-state index contributed by atoms with van der Waals surface area (Å²) in [7, 11) is -0.442. The maximum atomic E-state index is 2.39. The van der Waals surface area contributed by atoms with Crippen LogP contribution in [0.15, 0.2) is 23.6 Å². The molecule has 0 aromatic rings. The van der Waals surface area contributed by atoms with Crippen molar-refractivity contribution in [3.63, 3.8) is 0 Å². The van der Waals surface area contributed by atoms with Crippen LogP contribution < -0.4 is 0 Å². The molecule has 0 nitrogen and oxygen atoms in total. The molecule has 0 radical (unpaired) electrons. The van der Waals surface area contributed by atoms with Crippen LogP contribution in [-0.4, -0.2) is 8.80 Å². The molecule has 0 amide bonds. The van der Waals surface area contributed by atoms with E-state index in [1.807, 2.05) is 0 Å². The Bertz CT molecular complexity index is 102. The number of hydrogen-bond donors (Lipinski definition) is 0. The Morgan fingerprint density at radius 3 is 2.38 bits per heavy atom. The molecule has 0 spiro atoms. The number of rotatable bonds is 2. The van der Waals surface area contributed by atoms with Gasteiger partial charge in [-0.2, -0.15) is 0 Å². The highest BCUT2D eigenvalue weighted by atomic mass is 28.3. The fraction of sp³-hybridized carbons (Fsp3) is 0.429. The zero-order chi connectivity index (χ0) is 5.82. The molecular formula is C7H12Si. The van der Waals surface area contributed by atoms with Crippen LogP contribution in [0.3, 0.4) is 0 Å². The SMILES string of the molecule is CCC[SiH]1C=CC=C1. The predicted molar refractivity (Wildman–Crippen MR) is 40.5 cm³/mol. The van der Waals surface area contributed by atoms with Gasteiger partial charge in [0.2, 0.25) is 0 Å². The van der Waals surface area contributed by atoms with Crippen LogP contribution in [0.2, 0.25) is 6.04 Å². The van der Waals surface area contributed by atoms with Gasteiger partial charge in [-0.25, -0.2) is 0 Å². The van der Waals surface area contributed by atoms with Crippen molar-refractivity contribution < 1.29 is 0 Å². The lowest BCUT2D eigenvalue weighted by Gasteiger charge is -1.95. The Hall–Kier alpha value is -0.303. The van der Waals surface area contributed by atoms with Gasteiger partial charge in [-0.3, -0.25) is 0 Å². The van der Waals surface area contributed by atoms with E-state index in [0.717, 1.165) is 0 Å². The normalized spacial score (nSPS) is 18.1. The van der Waals surface area contributed by atoms with Crippen molar-refractivity contribution in [1.82, 2.24) is 0 Å². The van der Waals surface area contributed by atoms with Gasteiger partial charge in [0.05, 0.1) is 8.80 Å². The highest BCUT2D eigenvalue weighted by Crippen LogP contribution is 2.05. The molecule has 0 saturated heterocycles. The van der Waals surface area contributed by atoms with Crippen LogP contribution in [0.4, 0.5) is 0 Å². The first kappa shape index (κ1) is 5.83. The quantitative estimate of drug-likeness (QED) is 0.493. The summed E-state index contributed by atoms with van der Waals surface area (Å²) >= 11 is 0. The van der Waals surface area contributed by atoms with Crippen molar-refractivity contribution in [2.45, 2.75) is 19.4 Å². The van der Waals surface area contributed by atoms with Gasteiger partial charge >= 0.3 is 0 Å². The smallest absolute Gasteiger partial charge is 0.0852 e. The van der Waals surface area contributed by atoms with E-state index < -0.39 is 8.80 Å². The molecule has 0 atom stereocenters. The summed E-state index contributed by atoms with van der Waals surface area (Å²) < 4.78 is 0. The van der Waals surface area contributed by atoms with Gasteiger partial charge in [-0.1, -0.05) is 42.9 Å². The van der Waals surface area contributed by atoms with Gasteiger partial charge in [0.25, 0.3) is 0 Å². The van der Waals surface area contributed by atoms with Gasteiger partial charge in [-0.15, -0.1) is 0 Å². The highest BCUT2D eigenvalue weighted by Gasteiger charge is 2.01. The molecule has 1 heteroatoms. The maximum absolute atomic E-state index is 2.39. The van der Waals surface area contributed by atoms with Crippen molar-refractivity contribution in [2.24, 2.45) is 0 Å². The van der Waals surface area contributed by atoms with E-state index in [0.29, 0.717) is 0 Å². The zero-order valence-corrected chi connectivity index (χ0v) is 6.46. The molecule has 1 aliphatic rings. The van der Waals surface area contributed by atoms with Crippen LogP contribution in [0.25, 0.3) is 0 Å². The third-order valence-corrected chi connectivity index (χ3v) is 4.13. The third-order valence-electron chi connectivity index (χ3n) is 1.45. The lowest BCUT2D eigenvalue weighted by molar-refractivity contribution is 1.07. The largest absolute Gasteiger partial charge is 0.0935 e. The standard InChI is InChI=1S/C7H12Si/c1-2-5-8-6-3-4-7-8/h3-4,6-8H,2,5H2,1H3. The second-order valence-electron chi connectivity index (χ2n) is 2.22. The molecule has 0 aromatic heterocycles. The minimum Gasteiger partial charge on any atom is -0.0935 e. The first-order valence-corrected chi connectivity index (χ1v) is 5.43. The first-order chi connectivity index (χ1) is 3.93. The molecule has 0 aliphatic carbocycles. The van der Waals surface area contributed by atoms with Crippen LogP contribution in [0.1, 0.15) is 13.3 Å². The van der Waals surface area contributed by atoms with E-state index in [9.17, 15) is 0 Å². The van der Waals surface area contributed by atoms with E-state index in [1.54, 1.807) is 0 Å². The van der Waals surface area contributed by atoms with E-state index in [1.165, 1.54) is 12.5 Å². The van der Waals surface area contributed by atoms with Gasteiger partial charge in [-0.05, 0) is 0 Å². The molecular weight excluding hydrogens is 112 g/mol. The maximum Gasteiger partial charge on any atom is 0.0852 e. The number of hydrogen-bond acceptors (Lipinski definition) is 0. The van der Waals surface area contributed by atoms with Crippen molar-refractivity contribution in [1.29, 1.82) is 0 Å². The second kappa shape index (κ2) is 2.87. The van der Waals surface area contributed by atoms with E-state index in [2.05, 4.69) is 30.5 Å². The summed E-state index contributed by atoms with van der Waals surface area (Å²) in [5, 5.41) is 0. The molecule has 0 N–H and O–H groups in total. The van der Waals surface area contributed by atoms with Crippen molar-refractivity contribution in [3.05, 3.63) is 23.6 Å². The minimum absolute atomic E-state index is 0.442. The van der Waals surface area contributed by atoms with Crippen LogP contribution in [0, 0.1) is 0 Å². The summed E-state index contributed by atoms with van der Waals surface area (Å²) in [5.74, 6) is 0. The van der Waals surface area contributed by atoms with Crippen LogP contribution in [-0.2, 0) is 0 Å². The fourth-order valence-corrected chi connectivity index (χ4v) is 3.01. The number of allylic oxidation sites excluding steroid dienone is 2. The molecule has 0 unspecified atom stereocenters. The predicted octanol–water partition coefficient (Wildman–Crippen LogP) is 1.83. The van der Waals surface area contributed by atoms with E-state index in [-0.39, 0.29) is 0 Å². The topological polar surface area (TPSA) is 0 Å². The lowest BCUT2D eigenvalue weighted by Crippen LogP contribution is -2.00. The highest BCUT2D eigenvalue weighted by molar-refractivity contribution is 6.70. The van der Waals surface area contributed by atoms with Gasteiger partial charge < -0.3 is 0 Å². The monoisotopic (exact) mass is 124 g/mol. The zero-order valence-electron chi connectivity index (χ0n) is 5.30. The van der Waals surface area contributed by atoms with Crippen molar-refractivity contribution in [2.75, 3.05) is 0 Å². The molecule has 1 rings (SSSR count). The van der Waals surface area contributed by atoms with Gasteiger partial charge in [0.1, 0.15) is 0 Å². The van der Waals surface area contributed by atoms with Crippen LogP contribution >= 0.6 is 0 Å². The fourth-order valence-electron chi connectivity index (χ4n) is 1.00. The Balaban J connectivity index is 2.27. The minimum atomic E-state index is -0.442. The molecule has 0 bridgehead atoms. The molecule has 0 aromatic carbocycles. The third kappa shape index (κ3) is 1.34. The second-order valence-corrected chi connectivity index (χ2v) is 4.90. The summed E-state index contributed by atoms with van der Waals surface area (Å²) in [6.45, 7) is 2.26. The Labute approximate surface area is 52.5 Å². The summed E-state index contributed by atoms with van der Waals surface area (Å²) in [6, 6.07) is 1.45. The van der Waals surface area contributed by atoms with Gasteiger partial charge in [0, 0.05) is 0 Å². The average molecular weight is 124 g/mol. The average Bonchev–Trinajstić information content (AvgIpc) is 2.19. The Kier molecular flexibility index (Phi) is 2.09. The Morgan fingerprint density at radius 1 is 1.25 bits per heavy atom. The summed E-state index contributed by atoms with van der Waals surface area (Å²) in [4.78, 5) is 0. The molecule has 8 heavy (non-hydrogen) atoms. The molecule has 1 heterocycles. The van der Waals surface area contributed by atoms with Gasteiger partial charge in [0.15, 0.2) is 0 Å². The lowest BCUT2D eigenvalue weighted by atomic mass is 10.6. The van der Waals surface area contributed by atoms with Crippen molar-refractivity contribution in [3.8, 4) is 0 Å².